The van der Waals surface area contributed by atoms with E-state index in [2.05, 4.69) is 53.6 Å². The molecule has 2 saturated heterocycles. The molecule has 0 aliphatic carbocycles. The van der Waals surface area contributed by atoms with Crippen molar-refractivity contribution in [1.82, 2.24) is 0 Å². The molecule has 4 rings (SSSR count). The quantitative estimate of drug-likeness (QED) is 0.613. The molecule has 0 radical (unpaired) electrons. The third kappa shape index (κ3) is 2.36. The zero-order chi connectivity index (χ0) is 14.4. The number of aromatic nitrogens is 1. The van der Waals surface area contributed by atoms with E-state index in [1.165, 1.54) is 5.69 Å². The SMILES string of the molecule is CC1O[Si]2(CCC[N+]3=Cc4cccc[n+]4C3)OC(C)C1O2. The van der Waals surface area contributed by atoms with Crippen molar-refractivity contribution < 1.29 is 22.4 Å². The molecule has 1 aromatic heterocycles. The predicted molar refractivity (Wildman–Crippen MR) is 78.1 cm³/mol. The Kier molecular flexibility index (Phi) is 3.22. The summed E-state index contributed by atoms with van der Waals surface area (Å²) in [7, 11) is -2.36. The van der Waals surface area contributed by atoms with Crippen LogP contribution < -0.4 is 4.57 Å². The molecule has 4 heterocycles. The second kappa shape index (κ2) is 4.98. The lowest BCUT2D eigenvalue weighted by Crippen LogP contribution is -2.44. The van der Waals surface area contributed by atoms with E-state index in [1.807, 2.05) is 0 Å². The van der Waals surface area contributed by atoms with Crippen LogP contribution in [-0.2, 0) is 19.9 Å². The maximum Gasteiger partial charge on any atom is 0.502 e. The van der Waals surface area contributed by atoms with Crippen LogP contribution in [0.15, 0.2) is 24.4 Å². The first-order valence-electron chi connectivity index (χ1n) is 7.76. The minimum absolute atomic E-state index is 0.148. The summed E-state index contributed by atoms with van der Waals surface area (Å²) in [6, 6.07) is 7.21. The van der Waals surface area contributed by atoms with Gasteiger partial charge in [-0.05, 0) is 19.9 Å². The molecule has 112 valence electrons. The fraction of sp³-hybridized carbons (Fsp3) is 0.600. The van der Waals surface area contributed by atoms with Gasteiger partial charge in [0, 0.05) is 24.6 Å². The van der Waals surface area contributed by atoms with Crippen LogP contribution in [0, 0.1) is 0 Å². The lowest BCUT2D eigenvalue weighted by molar-refractivity contribution is -0.829. The zero-order valence-electron chi connectivity index (χ0n) is 12.6. The van der Waals surface area contributed by atoms with Crippen molar-refractivity contribution >= 4 is 15.0 Å². The van der Waals surface area contributed by atoms with Crippen LogP contribution in [0.2, 0.25) is 6.04 Å². The van der Waals surface area contributed by atoms with E-state index in [-0.39, 0.29) is 18.3 Å². The second-order valence-corrected chi connectivity index (χ2v) is 8.77. The molecule has 3 aliphatic rings. The highest BCUT2D eigenvalue weighted by Gasteiger charge is 2.60. The first kappa shape index (κ1) is 13.6. The van der Waals surface area contributed by atoms with Crippen molar-refractivity contribution in [2.24, 2.45) is 0 Å². The van der Waals surface area contributed by atoms with Crippen molar-refractivity contribution in [2.45, 2.75) is 51.3 Å². The summed E-state index contributed by atoms with van der Waals surface area (Å²) in [5.74, 6) is 0. The van der Waals surface area contributed by atoms with E-state index in [0.29, 0.717) is 0 Å². The van der Waals surface area contributed by atoms with Crippen molar-refractivity contribution in [3.63, 3.8) is 0 Å². The van der Waals surface area contributed by atoms with Crippen molar-refractivity contribution in [3.8, 4) is 0 Å². The number of rotatable bonds is 4. The Bertz CT molecular complexity index is 580. The van der Waals surface area contributed by atoms with E-state index in [0.717, 1.165) is 25.7 Å². The molecule has 2 bridgehead atoms. The third-order valence-corrected chi connectivity index (χ3v) is 7.58. The maximum absolute atomic E-state index is 6.07. The van der Waals surface area contributed by atoms with Gasteiger partial charge >= 0.3 is 15.5 Å². The first-order chi connectivity index (χ1) is 10.2. The smallest absolute Gasteiger partial charge is 0.368 e. The highest BCUT2D eigenvalue weighted by molar-refractivity contribution is 6.62. The van der Waals surface area contributed by atoms with E-state index in [9.17, 15) is 0 Å². The van der Waals surface area contributed by atoms with Crippen LogP contribution >= 0.6 is 0 Å². The van der Waals surface area contributed by atoms with Gasteiger partial charge in [-0.15, -0.1) is 4.57 Å². The first-order valence-corrected chi connectivity index (χ1v) is 9.69. The van der Waals surface area contributed by atoms with Crippen LogP contribution in [0.4, 0.5) is 0 Å². The second-order valence-electron chi connectivity index (χ2n) is 6.19. The Morgan fingerprint density at radius 3 is 2.71 bits per heavy atom. The van der Waals surface area contributed by atoms with Gasteiger partial charge in [-0.1, -0.05) is 0 Å². The van der Waals surface area contributed by atoms with Crippen molar-refractivity contribution in [1.29, 1.82) is 0 Å². The summed E-state index contributed by atoms with van der Waals surface area (Å²) < 4.78 is 22.7. The van der Waals surface area contributed by atoms with Gasteiger partial charge in [0.15, 0.2) is 6.20 Å². The molecule has 2 fully saturated rings. The van der Waals surface area contributed by atoms with Gasteiger partial charge in [0.25, 0.3) is 5.69 Å². The summed E-state index contributed by atoms with van der Waals surface area (Å²) in [6.45, 7) is 6.14. The summed E-state index contributed by atoms with van der Waals surface area (Å²) in [5.41, 5.74) is 1.26. The Hall–Kier alpha value is -1.08. The number of hydrogen-bond acceptors (Lipinski definition) is 3. The maximum atomic E-state index is 6.07. The molecule has 0 saturated carbocycles. The van der Waals surface area contributed by atoms with Gasteiger partial charge in [-0.3, -0.25) is 0 Å². The van der Waals surface area contributed by atoms with E-state index >= 15 is 0 Å². The number of pyridine rings is 1. The van der Waals surface area contributed by atoms with Crippen LogP contribution in [0.25, 0.3) is 0 Å². The topological polar surface area (TPSA) is 34.6 Å². The molecule has 0 N–H and O–H groups in total. The van der Waals surface area contributed by atoms with Crippen LogP contribution in [0.1, 0.15) is 26.0 Å². The molecular formula is C15H22N2O3Si+2. The highest BCUT2D eigenvalue weighted by atomic mass is 28.4. The predicted octanol–water partition coefficient (Wildman–Crippen LogP) is 0.928. The van der Waals surface area contributed by atoms with Gasteiger partial charge in [0.1, 0.15) is 6.54 Å². The summed E-state index contributed by atoms with van der Waals surface area (Å²) in [4.78, 5) is 0. The Morgan fingerprint density at radius 1 is 1.19 bits per heavy atom. The largest absolute Gasteiger partial charge is 0.502 e. The van der Waals surface area contributed by atoms with Gasteiger partial charge < -0.3 is 13.3 Å². The fourth-order valence-electron chi connectivity index (χ4n) is 3.53. The Balaban J connectivity index is 1.34. The van der Waals surface area contributed by atoms with E-state index in [1.54, 1.807) is 0 Å². The molecule has 1 aromatic rings. The Morgan fingerprint density at radius 2 is 2.00 bits per heavy atom. The lowest BCUT2D eigenvalue weighted by Gasteiger charge is -2.26. The van der Waals surface area contributed by atoms with Crippen molar-refractivity contribution in [3.05, 3.63) is 30.1 Å². The summed E-state index contributed by atoms with van der Waals surface area (Å²) >= 11 is 0. The minimum Gasteiger partial charge on any atom is -0.368 e. The molecule has 0 amide bonds. The minimum atomic E-state index is -2.36. The molecule has 5 nitrogen and oxygen atoms in total. The number of hydrogen-bond donors (Lipinski definition) is 0. The molecule has 6 heteroatoms. The van der Waals surface area contributed by atoms with Crippen molar-refractivity contribution in [2.75, 3.05) is 6.54 Å². The van der Waals surface area contributed by atoms with Crippen LogP contribution in [-0.4, -0.2) is 44.5 Å². The van der Waals surface area contributed by atoms with Gasteiger partial charge in [0.2, 0.25) is 6.21 Å². The summed E-state index contributed by atoms with van der Waals surface area (Å²) in [5, 5.41) is 0. The number of nitrogens with zero attached hydrogens (tertiary/aromatic N) is 2. The van der Waals surface area contributed by atoms with Gasteiger partial charge in [-0.2, -0.15) is 4.58 Å². The third-order valence-electron chi connectivity index (χ3n) is 4.52. The Labute approximate surface area is 126 Å². The van der Waals surface area contributed by atoms with Gasteiger partial charge in [-0.25, -0.2) is 0 Å². The average Bonchev–Trinajstić information content (AvgIpc) is 3.08. The van der Waals surface area contributed by atoms with E-state index < -0.39 is 8.80 Å². The average molecular weight is 306 g/mol. The molecule has 21 heavy (non-hydrogen) atoms. The molecule has 0 spiro atoms. The molecule has 0 aromatic carbocycles. The molecule has 2 unspecified atom stereocenters. The highest BCUT2D eigenvalue weighted by Crippen LogP contribution is 2.40. The molecular weight excluding hydrogens is 284 g/mol. The normalized spacial score (nSPS) is 36.9. The fourth-order valence-corrected chi connectivity index (χ4v) is 6.84. The summed E-state index contributed by atoms with van der Waals surface area (Å²) in [6.07, 6.45) is 5.92. The number of fused-ring (bicyclic) bond motifs is 3. The molecule has 2 atom stereocenters. The monoisotopic (exact) mass is 306 g/mol. The van der Waals surface area contributed by atoms with Gasteiger partial charge in [0.05, 0.1) is 18.3 Å². The standard InChI is InChI=1S/C15H22N2O3Si/c1-12-15-13(2)19-21(18-12,20-15)9-5-7-16-10-14-6-3-4-8-17(14)11-16/h3-4,6,8,10,12-13,15H,5,7,9,11H2,1-2H3/q+2. The zero-order valence-corrected chi connectivity index (χ0v) is 13.6. The van der Waals surface area contributed by atoms with E-state index in [4.69, 9.17) is 13.3 Å². The van der Waals surface area contributed by atoms with Crippen LogP contribution in [0.5, 0.6) is 0 Å². The lowest BCUT2D eigenvalue weighted by atomic mass is 10.1. The van der Waals surface area contributed by atoms with Crippen LogP contribution in [0.3, 0.4) is 0 Å². The molecule has 3 aliphatic heterocycles.